The molecule has 7 heteroatoms. The summed E-state index contributed by atoms with van der Waals surface area (Å²) >= 11 is 1.23. The van der Waals surface area contributed by atoms with Crippen LogP contribution in [0.25, 0.3) is 10.2 Å². The lowest BCUT2D eigenvalue weighted by molar-refractivity contribution is -0.0891. The first-order chi connectivity index (χ1) is 6.94. The minimum Gasteiger partial charge on any atom is -0.430 e. The SMILES string of the molecule is Nc1nc2ccc(OC(F)(F)P)cc2s1. The van der Waals surface area contributed by atoms with E-state index in [2.05, 4.69) is 9.72 Å². The van der Waals surface area contributed by atoms with Gasteiger partial charge in [-0.25, -0.2) is 4.98 Å². The molecule has 0 saturated carbocycles. The average molecular weight is 248 g/mol. The Morgan fingerprint density at radius 1 is 1.47 bits per heavy atom. The maximum absolute atomic E-state index is 12.5. The van der Waals surface area contributed by atoms with Gasteiger partial charge in [0.25, 0.3) is 0 Å². The van der Waals surface area contributed by atoms with E-state index in [1.54, 1.807) is 6.07 Å². The van der Waals surface area contributed by atoms with Crippen molar-refractivity contribution in [3.8, 4) is 5.75 Å². The van der Waals surface area contributed by atoms with Crippen LogP contribution in [0.4, 0.5) is 13.9 Å². The third-order valence-corrected chi connectivity index (χ3v) is 2.60. The van der Waals surface area contributed by atoms with Gasteiger partial charge >= 0.3 is 5.85 Å². The van der Waals surface area contributed by atoms with Crippen LogP contribution in [0.5, 0.6) is 5.75 Å². The van der Waals surface area contributed by atoms with Gasteiger partial charge in [0, 0.05) is 0 Å². The van der Waals surface area contributed by atoms with Gasteiger partial charge in [0.15, 0.2) is 5.13 Å². The molecule has 0 aliphatic heterocycles. The number of benzene rings is 1. The number of thiazole rings is 1. The molecule has 0 fully saturated rings. The smallest absolute Gasteiger partial charge is 0.408 e. The molecule has 0 aliphatic carbocycles. The molecule has 0 radical (unpaired) electrons. The number of aromatic nitrogens is 1. The van der Waals surface area contributed by atoms with Gasteiger partial charge in [0.05, 0.1) is 10.2 Å². The zero-order chi connectivity index (χ0) is 11.1. The van der Waals surface area contributed by atoms with Crippen molar-refractivity contribution >= 4 is 35.9 Å². The first kappa shape index (κ1) is 10.5. The Balaban J connectivity index is 2.38. The summed E-state index contributed by atoms with van der Waals surface area (Å²) in [7, 11) is 1.31. The van der Waals surface area contributed by atoms with Gasteiger partial charge in [-0.3, -0.25) is 0 Å². The van der Waals surface area contributed by atoms with E-state index >= 15 is 0 Å². The van der Waals surface area contributed by atoms with E-state index in [-0.39, 0.29) is 5.75 Å². The third-order valence-electron chi connectivity index (χ3n) is 1.63. The number of nitrogen functional groups attached to an aromatic ring is 1. The van der Waals surface area contributed by atoms with Crippen LogP contribution in [0.1, 0.15) is 0 Å². The largest absolute Gasteiger partial charge is 0.430 e. The summed E-state index contributed by atoms with van der Waals surface area (Å²) in [4.78, 5) is 4.00. The molecule has 2 aromatic rings. The second-order valence-electron chi connectivity index (χ2n) is 2.85. The molecule has 0 aliphatic rings. The molecule has 0 spiro atoms. The van der Waals surface area contributed by atoms with Crippen molar-refractivity contribution in [1.82, 2.24) is 4.98 Å². The fraction of sp³-hybridized carbons (Fsp3) is 0.125. The van der Waals surface area contributed by atoms with Gasteiger partial charge < -0.3 is 10.5 Å². The van der Waals surface area contributed by atoms with Crippen molar-refractivity contribution in [3.63, 3.8) is 0 Å². The summed E-state index contributed by atoms with van der Waals surface area (Å²) in [5.41, 5.74) is 6.16. The van der Waals surface area contributed by atoms with E-state index in [9.17, 15) is 8.78 Å². The average Bonchev–Trinajstić information content (AvgIpc) is 2.40. The van der Waals surface area contributed by atoms with Crippen LogP contribution in [0.3, 0.4) is 0 Å². The second kappa shape index (κ2) is 3.54. The van der Waals surface area contributed by atoms with Gasteiger partial charge in [-0.2, -0.15) is 8.78 Å². The van der Waals surface area contributed by atoms with Crippen molar-refractivity contribution in [3.05, 3.63) is 18.2 Å². The summed E-state index contributed by atoms with van der Waals surface area (Å²) in [6.45, 7) is 0. The fourth-order valence-corrected chi connectivity index (χ4v) is 2.04. The van der Waals surface area contributed by atoms with Gasteiger partial charge in [-0.1, -0.05) is 11.3 Å². The summed E-state index contributed by atoms with van der Waals surface area (Å²) in [6.07, 6.45) is 0. The predicted molar refractivity (Wildman–Crippen MR) is 59.3 cm³/mol. The molecule has 0 amide bonds. The van der Waals surface area contributed by atoms with Gasteiger partial charge in [-0.05, 0) is 27.4 Å². The van der Waals surface area contributed by atoms with Crippen LogP contribution < -0.4 is 10.5 Å². The van der Waals surface area contributed by atoms with E-state index in [1.807, 2.05) is 0 Å². The van der Waals surface area contributed by atoms with E-state index in [4.69, 9.17) is 5.73 Å². The highest BCUT2D eigenvalue weighted by Crippen LogP contribution is 2.31. The lowest BCUT2D eigenvalue weighted by Gasteiger charge is -2.12. The first-order valence-corrected chi connectivity index (χ1v) is 5.35. The highest BCUT2D eigenvalue weighted by atomic mass is 32.1. The number of alkyl halides is 2. The number of anilines is 1. The monoisotopic (exact) mass is 248 g/mol. The van der Waals surface area contributed by atoms with Gasteiger partial charge in [0.1, 0.15) is 5.75 Å². The van der Waals surface area contributed by atoms with Gasteiger partial charge in [-0.15, -0.1) is 0 Å². The number of hydrogen-bond donors (Lipinski definition) is 1. The number of ether oxygens (including phenoxy) is 1. The molecule has 80 valence electrons. The van der Waals surface area contributed by atoms with Crippen molar-refractivity contribution in [2.75, 3.05) is 5.73 Å². The maximum atomic E-state index is 12.5. The quantitative estimate of drug-likeness (QED) is 0.831. The normalized spacial score (nSPS) is 11.9. The number of halogens is 2. The Morgan fingerprint density at radius 3 is 2.87 bits per heavy atom. The van der Waals surface area contributed by atoms with Gasteiger partial charge in [0.2, 0.25) is 0 Å². The molecular formula is C8H7F2N2OPS. The van der Waals surface area contributed by atoms with Crippen LogP contribution >= 0.6 is 20.6 Å². The lowest BCUT2D eigenvalue weighted by Crippen LogP contribution is -2.14. The van der Waals surface area contributed by atoms with E-state index in [0.29, 0.717) is 10.6 Å². The maximum Gasteiger partial charge on any atom is 0.408 e. The molecule has 15 heavy (non-hydrogen) atoms. The molecule has 1 heterocycles. The zero-order valence-electron chi connectivity index (χ0n) is 7.41. The van der Waals surface area contributed by atoms with Crippen LogP contribution in [0.2, 0.25) is 0 Å². The molecule has 2 N–H and O–H groups in total. The summed E-state index contributed by atoms with van der Waals surface area (Å²) in [5, 5.41) is 0.403. The molecule has 1 aromatic heterocycles. The van der Waals surface area contributed by atoms with Crippen LogP contribution in [-0.4, -0.2) is 10.8 Å². The molecule has 3 nitrogen and oxygen atoms in total. The first-order valence-electron chi connectivity index (χ1n) is 3.96. The predicted octanol–water partition coefficient (Wildman–Crippen LogP) is 2.68. The van der Waals surface area contributed by atoms with Crippen molar-refractivity contribution < 1.29 is 13.5 Å². The highest BCUT2D eigenvalue weighted by Gasteiger charge is 2.23. The minimum absolute atomic E-state index is 0.0890. The summed E-state index contributed by atoms with van der Waals surface area (Å²) < 4.78 is 30.1. The fourth-order valence-electron chi connectivity index (χ4n) is 1.14. The molecular weight excluding hydrogens is 241 g/mol. The number of hydrogen-bond acceptors (Lipinski definition) is 4. The summed E-state index contributed by atoms with van der Waals surface area (Å²) in [5.74, 6) is -3.17. The number of fused-ring (bicyclic) bond motifs is 1. The minimum atomic E-state index is -3.26. The molecule has 1 aromatic carbocycles. The molecule has 1 atom stereocenters. The van der Waals surface area contributed by atoms with E-state index in [0.717, 1.165) is 4.70 Å². The Morgan fingerprint density at radius 2 is 2.20 bits per heavy atom. The van der Waals surface area contributed by atoms with Crippen LogP contribution in [-0.2, 0) is 0 Å². The Hall–Kier alpha value is -1.00. The highest BCUT2D eigenvalue weighted by molar-refractivity contribution is 7.22. The van der Waals surface area contributed by atoms with E-state index in [1.165, 1.54) is 32.7 Å². The van der Waals surface area contributed by atoms with E-state index < -0.39 is 5.85 Å². The number of nitrogens with zero attached hydrogens (tertiary/aromatic N) is 1. The Bertz CT molecular complexity index is 497. The summed E-state index contributed by atoms with van der Waals surface area (Å²) in [6, 6.07) is 4.51. The molecule has 1 unspecified atom stereocenters. The van der Waals surface area contributed by atoms with Crippen LogP contribution in [0, 0.1) is 0 Å². The third kappa shape index (κ3) is 2.52. The second-order valence-corrected chi connectivity index (χ2v) is 4.58. The Labute approximate surface area is 90.5 Å². The molecule has 2 rings (SSSR count). The number of rotatable bonds is 2. The Kier molecular flexibility index (Phi) is 2.48. The molecule has 0 saturated heterocycles. The number of nitrogens with two attached hydrogens (primary N) is 1. The van der Waals surface area contributed by atoms with Crippen molar-refractivity contribution in [2.45, 2.75) is 5.85 Å². The van der Waals surface area contributed by atoms with Crippen LogP contribution in [0.15, 0.2) is 18.2 Å². The lowest BCUT2D eigenvalue weighted by atomic mass is 10.3. The van der Waals surface area contributed by atoms with Crippen molar-refractivity contribution in [1.29, 1.82) is 0 Å². The zero-order valence-corrected chi connectivity index (χ0v) is 9.38. The molecule has 0 bridgehead atoms. The van der Waals surface area contributed by atoms with Crippen molar-refractivity contribution in [2.24, 2.45) is 0 Å². The standard InChI is InChI=1S/C8H7F2N2OPS/c9-8(10,14)13-4-1-2-5-6(3-4)15-7(11)12-5/h1-3H,14H2,(H2,11,12). The topological polar surface area (TPSA) is 48.1 Å².